The molecule has 0 aliphatic heterocycles. The van der Waals surface area contributed by atoms with Crippen LogP contribution in [0, 0.1) is 0 Å². The zero-order chi connectivity index (χ0) is 51.5. The largest absolute Gasteiger partial charge is 0.472 e. The number of nitrogens with zero attached hydrogens (tertiary/aromatic N) is 1. The molecule has 0 rings (SSSR count). The highest BCUT2D eigenvalue weighted by molar-refractivity contribution is 7.47. The van der Waals surface area contributed by atoms with Gasteiger partial charge in [-0.1, -0.05) is 251 Å². The maximum Gasteiger partial charge on any atom is 0.472 e. The van der Waals surface area contributed by atoms with Crippen LogP contribution in [0.2, 0.25) is 0 Å². The van der Waals surface area contributed by atoms with Gasteiger partial charge in [-0.2, -0.15) is 0 Å². The maximum atomic E-state index is 13.5. The van der Waals surface area contributed by atoms with Crippen LogP contribution in [0.15, 0.2) is 24.3 Å². The molecule has 0 heterocycles. The molecular formula is C60H118N2O7P+. The van der Waals surface area contributed by atoms with Crippen LogP contribution in [0.5, 0.6) is 0 Å². The molecule has 0 bridgehead atoms. The molecule has 0 aromatic carbocycles. The number of carbonyl (C=O) groups excluding carboxylic acids is 2. The van der Waals surface area contributed by atoms with E-state index in [9.17, 15) is 19.0 Å². The number of quaternary nitrogens is 1. The van der Waals surface area contributed by atoms with E-state index in [2.05, 4.69) is 38.2 Å². The molecule has 3 unspecified atom stereocenters. The Kier molecular flexibility index (Phi) is 49.9. The molecule has 0 aromatic heterocycles. The van der Waals surface area contributed by atoms with Crippen molar-refractivity contribution >= 4 is 19.7 Å². The van der Waals surface area contributed by atoms with E-state index < -0.39 is 20.0 Å². The molecular weight excluding hydrogens is 892 g/mol. The Labute approximate surface area is 434 Å². The number of allylic oxidation sites excluding steroid dienone is 3. The number of likely N-dealkylation sites (N-methyl/N-ethyl adjacent to an activating group) is 1. The van der Waals surface area contributed by atoms with Gasteiger partial charge >= 0.3 is 13.8 Å². The second-order valence-electron chi connectivity index (χ2n) is 21.9. The number of phosphoric ester groups is 1. The molecule has 414 valence electrons. The third kappa shape index (κ3) is 51.4. The summed E-state index contributed by atoms with van der Waals surface area (Å²) in [7, 11) is 1.51. The summed E-state index contributed by atoms with van der Waals surface area (Å²) in [4.78, 5) is 37.6. The van der Waals surface area contributed by atoms with Crippen LogP contribution in [0.1, 0.15) is 297 Å². The van der Waals surface area contributed by atoms with E-state index >= 15 is 0 Å². The summed E-state index contributed by atoms with van der Waals surface area (Å²) in [6.45, 7) is 7.03. The Morgan fingerprint density at radius 1 is 0.486 bits per heavy atom. The number of ether oxygens (including phenoxy) is 1. The number of hydrogen-bond donors (Lipinski definition) is 2. The van der Waals surface area contributed by atoms with E-state index in [0.29, 0.717) is 23.9 Å². The summed E-state index contributed by atoms with van der Waals surface area (Å²) in [5, 5.41) is 3.06. The molecule has 0 spiro atoms. The third-order valence-corrected chi connectivity index (χ3v) is 14.6. The van der Waals surface area contributed by atoms with Crippen LogP contribution in [0.3, 0.4) is 0 Å². The number of hydrogen-bond acceptors (Lipinski definition) is 6. The molecule has 70 heavy (non-hydrogen) atoms. The first kappa shape index (κ1) is 68.5. The van der Waals surface area contributed by atoms with Gasteiger partial charge < -0.3 is 19.4 Å². The molecule has 9 nitrogen and oxygen atoms in total. The fourth-order valence-electron chi connectivity index (χ4n) is 8.94. The minimum atomic E-state index is -4.44. The standard InChI is InChI=1S/C60H117N2O7P/c1-7-10-13-16-19-22-25-27-28-29-30-31-32-33-34-35-38-40-43-46-49-52-59(63)61-57(56-68-70(65,66)67-55-54-62(4,5)6)58(51-48-45-42-39-37-26-23-20-17-14-11-8-2)69-60(64)53-50-47-44-41-36-24-21-18-15-12-9-3/h27-28,48,51,57-58H,7-26,29-47,49-50,52-56H2,1-6H3,(H-,61,63,65,66)/p+1/b28-27+,51-48-. The number of amides is 1. The van der Waals surface area contributed by atoms with Crippen molar-refractivity contribution in [2.45, 2.75) is 309 Å². The minimum Gasteiger partial charge on any atom is -0.456 e. The number of rotatable bonds is 55. The van der Waals surface area contributed by atoms with E-state index in [1.807, 2.05) is 33.3 Å². The van der Waals surface area contributed by atoms with E-state index in [-0.39, 0.29) is 25.1 Å². The normalized spacial score (nSPS) is 13.9. The lowest BCUT2D eigenvalue weighted by Crippen LogP contribution is -2.47. The number of nitrogens with one attached hydrogen (secondary N) is 1. The lowest BCUT2D eigenvalue weighted by Gasteiger charge is -2.27. The molecule has 0 aliphatic carbocycles. The highest BCUT2D eigenvalue weighted by Gasteiger charge is 2.30. The summed E-state index contributed by atoms with van der Waals surface area (Å²) in [6, 6.07) is -0.841. The number of unbranched alkanes of at least 4 members (excludes halogenated alkanes) is 37. The van der Waals surface area contributed by atoms with Gasteiger partial charge in [0.25, 0.3) is 0 Å². The van der Waals surface area contributed by atoms with Gasteiger partial charge in [-0.05, 0) is 57.4 Å². The zero-order valence-corrected chi connectivity index (χ0v) is 48.2. The monoisotopic (exact) mass is 1010 g/mol. The lowest BCUT2D eigenvalue weighted by molar-refractivity contribution is -0.870. The molecule has 0 saturated heterocycles. The molecule has 0 fully saturated rings. The Morgan fingerprint density at radius 3 is 1.21 bits per heavy atom. The quantitative estimate of drug-likeness (QED) is 0.0205. The van der Waals surface area contributed by atoms with E-state index in [0.717, 1.165) is 57.8 Å². The van der Waals surface area contributed by atoms with Crippen molar-refractivity contribution < 1.29 is 37.3 Å². The van der Waals surface area contributed by atoms with Crippen molar-refractivity contribution in [3.05, 3.63) is 24.3 Å². The van der Waals surface area contributed by atoms with Crippen LogP contribution in [-0.4, -0.2) is 74.3 Å². The molecule has 0 aliphatic rings. The summed E-state index contributed by atoms with van der Waals surface area (Å²) in [5.41, 5.74) is 0. The Morgan fingerprint density at radius 2 is 0.829 bits per heavy atom. The van der Waals surface area contributed by atoms with Gasteiger partial charge in [-0.15, -0.1) is 0 Å². The molecule has 0 saturated carbocycles. The molecule has 2 N–H and O–H groups in total. The third-order valence-electron chi connectivity index (χ3n) is 13.6. The van der Waals surface area contributed by atoms with Crippen LogP contribution in [-0.2, 0) is 27.9 Å². The summed E-state index contributed by atoms with van der Waals surface area (Å²) in [6.07, 6.45) is 58.9. The second-order valence-corrected chi connectivity index (χ2v) is 23.3. The van der Waals surface area contributed by atoms with Gasteiger partial charge in [0, 0.05) is 12.8 Å². The fraction of sp³-hybridized carbons (Fsp3) is 0.900. The average Bonchev–Trinajstić information content (AvgIpc) is 3.32. The first-order chi connectivity index (χ1) is 33.9. The van der Waals surface area contributed by atoms with Crippen molar-refractivity contribution in [2.24, 2.45) is 0 Å². The maximum absolute atomic E-state index is 13.5. The molecule has 10 heteroatoms. The molecule has 0 aromatic rings. The summed E-state index contributed by atoms with van der Waals surface area (Å²) < 4.78 is 30.6. The van der Waals surface area contributed by atoms with Gasteiger partial charge in [0.05, 0.1) is 33.8 Å². The van der Waals surface area contributed by atoms with Crippen LogP contribution >= 0.6 is 7.82 Å². The van der Waals surface area contributed by atoms with Crippen molar-refractivity contribution in [3.8, 4) is 0 Å². The van der Waals surface area contributed by atoms with Crippen molar-refractivity contribution in [2.75, 3.05) is 40.9 Å². The molecule has 0 radical (unpaired) electrons. The van der Waals surface area contributed by atoms with E-state index in [4.69, 9.17) is 13.8 Å². The summed E-state index contributed by atoms with van der Waals surface area (Å²) >= 11 is 0. The number of carbonyl (C=O) groups is 2. The lowest BCUT2D eigenvalue weighted by atomic mass is 10.0. The predicted octanol–water partition coefficient (Wildman–Crippen LogP) is 18.2. The zero-order valence-electron chi connectivity index (χ0n) is 47.3. The van der Waals surface area contributed by atoms with Crippen LogP contribution < -0.4 is 5.32 Å². The smallest absolute Gasteiger partial charge is 0.456 e. The minimum absolute atomic E-state index is 0.0436. The second kappa shape index (κ2) is 51.0. The average molecular weight is 1010 g/mol. The fourth-order valence-corrected chi connectivity index (χ4v) is 9.67. The topological polar surface area (TPSA) is 111 Å². The van der Waals surface area contributed by atoms with Gasteiger partial charge in [0.1, 0.15) is 19.3 Å². The Hall–Kier alpha value is -1.51. The van der Waals surface area contributed by atoms with Gasteiger partial charge in [0.15, 0.2) is 0 Å². The highest BCUT2D eigenvalue weighted by Crippen LogP contribution is 2.43. The SMILES string of the molecule is CCCCCCCC/C=C/CCCCCCCCCCCCCC(=O)NC(COP(=O)(O)OCC[N+](C)(C)C)C(/C=C\CCCCCCCCCCCC)OC(=O)CCCCCCCCCCCCC. The first-order valence-electron chi connectivity index (χ1n) is 30.2. The summed E-state index contributed by atoms with van der Waals surface area (Å²) in [5.74, 6) is -0.493. The Balaban J connectivity index is 5.16. The highest BCUT2D eigenvalue weighted by atomic mass is 31.2. The van der Waals surface area contributed by atoms with Gasteiger partial charge in [-0.3, -0.25) is 18.6 Å². The van der Waals surface area contributed by atoms with Crippen LogP contribution in [0.4, 0.5) is 0 Å². The van der Waals surface area contributed by atoms with Gasteiger partial charge in [0.2, 0.25) is 5.91 Å². The van der Waals surface area contributed by atoms with Crippen molar-refractivity contribution in [1.82, 2.24) is 5.32 Å². The van der Waals surface area contributed by atoms with E-state index in [1.165, 1.54) is 205 Å². The van der Waals surface area contributed by atoms with Crippen molar-refractivity contribution in [1.29, 1.82) is 0 Å². The number of esters is 1. The number of phosphoric acid groups is 1. The molecule has 3 atom stereocenters. The van der Waals surface area contributed by atoms with Crippen LogP contribution in [0.25, 0.3) is 0 Å². The van der Waals surface area contributed by atoms with Gasteiger partial charge in [-0.25, -0.2) is 4.57 Å². The van der Waals surface area contributed by atoms with Crippen molar-refractivity contribution in [3.63, 3.8) is 0 Å². The van der Waals surface area contributed by atoms with E-state index in [1.54, 1.807) is 0 Å². The Bertz CT molecular complexity index is 1250. The predicted molar refractivity (Wildman–Crippen MR) is 300 cm³/mol. The molecule has 1 amide bonds. The first-order valence-corrected chi connectivity index (χ1v) is 31.7.